The van der Waals surface area contributed by atoms with Crippen LogP contribution >= 0.6 is 0 Å². The third-order valence-corrected chi connectivity index (χ3v) is 4.51. The van der Waals surface area contributed by atoms with Gasteiger partial charge < -0.3 is 15.2 Å². The van der Waals surface area contributed by atoms with Crippen LogP contribution in [0.25, 0.3) is 0 Å². The van der Waals surface area contributed by atoms with E-state index in [9.17, 15) is 9.59 Å². The average molecular weight is 325 g/mol. The van der Waals surface area contributed by atoms with Gasteiger partial charge >= 0.3 is 0 Å². The van der Waals surface area contributed by atoms with Crippen LogP contribution in [-0.2, 0) is 0 Å². The van der Waals surface area contributed by atoms with Crippen LogP contribution in [0, 0.1) is 12.8 Å². The van der Waals surface area contributed by atoms with Gasteiger partial charge in [-0.1, -0.05) is 6.92 Å². The molecule has 1 aliphatic rings. The summed E-state index contributed by atoms with van der Waals surface area (Å²) in [5.41, 5.74) is 2.79. The fourth-order valence-electron chi connectivity index (χ4n) is 3.15. The van der Waals surface area contributed by atoms with Crippen LogP contribution < -0.4 is 5.32 Å². The number of benzene rings is 1. The summed E-state index contributed by atoms with van der Waals surface area (Å²) in [6, 6.07) is 8.95. The number of aromatic nitrogens is 1. The zero-order valence-electron chi connectivity index (χ0n) is 14.1. The minimum absolute atomic E-state index is 0.0758. The van der Waals surface area contributed by atoms with Crippen LogP contribution in [-0.4, -0.2) is 34.8 Å². The molecule has 2 N–H and O–H groups in total. The van der Waals surface area contributed by atoms with E-state index < -0.39 is 0 Å². The van der Waals surface area contributed by atoms with Gasteiger partial charge in [0.05, 0.1) is 0 Å². The van der Waals surface area contributed by atoms with Gasteiger partial charge in [0.1, 0.15) is 5.69 Å². The Kier molecular flexibility index (Phi) is 4.69. The number of hydrogen-bond acceptors (Lipinski definition) is 2. The number of hydrogen-bond donors (Lipinski definition) is 2. The highest BCUT2D eigenvalue weighted by Crippen LogP contribution is 2.21. The summed E-state index contributed by atoms with van der Waals surface area (Å²) < 4.78 is 0. The molecule has 0 saturated carbocycles. The van der Waals surface area contributed by atoms with Crippen molar-refractivity contribution in [2.24, 2.45) is 5.92 Å². The molecule has 24 heavy (non-hydrogen) atoms. The fourth-order valence-corrected chi connectivity index (χ4v) is 3.15. The zero-order valence-corrected chi connectivity index (χ0v) is 14.1. The zero-order chi connectivity index (χ0) is 17.1. The average Bonchev–Trinajstić information content (AvgIpc) is 3.10. The number of aromatic amines is 1. The van der Waals surface area contributed by atoms with Crippen molar-refractivity contribution in [1.29, 1.82) is 0 Å². The second-order valence-corrected chi connectivity index (χ2v) is 6.57. The van der Waals surface area contributed by atoms with Crippen LogP contribution in [0.5, 0.6) is 0 Å². The Bertz CT molecular complexity index is 737. The minimum Gasteiger partial charge on any atom is -0.357 e. The third-order valence-electron chi connectivity index (χ3n) is 4.51. The van der Waals surface area contributed by atoms with E-state index in [1.54, 1.807) is 30.5 Å². The summed E-state index contributed by atoms with van der Waals surface area (Å²) >= 11 is 0. The minimum atomic E-state index is -0.188. The number of piperidine rings is 1. The first kappa shape index (κ1) is 16.3. The molecule has 0 aliphatic carbocycles. The second-order valence-electron chi connectivity index (χ2n) is 6.57. The number of rotatable bonds is 3. The predicted molar refractivity (Wildman–Crippen MR) is 94.2 cm³/mol. The summed E-state index contributed by atoms with van der Waals surface area (Å²) in [4.78, 5) is 29.6. The Morgan fingerprint density at radius 2 is 2.12 bits per heavy atom. The lowest BCUT2D eigenvalue weighted by Crippen LogP contribution is -2.39. The standard InChI is InChI=1S/C19H23N3O2/c1-13-5-4-10-22(12-13)19(24)15-7-8-16(14(2)11-15)21-18(23)17-6-3-9-20-17/h3,6-9,11,13,20H,4-5,10,12H2,1-2H3,(H,21,23)/t13-/m0/s1. The normalized spacial score (nSPS) is 17.6. The molecule has 126 valence electrons. The van der Waals surface area contributed by atoms with Crippen molar-refractivity contribution in [3.63, 3.8) is 0 Å². The number of nitrogens with zero attached hydrogens (tertiary/aromatic N) is 1. The van der Waals surface area contributed by atoms with Crippen LogP contribution in [0.4, 0.5) is 5.69 Å². The number of anilines is 1. The first-order valence-corrected chi connectivity index (χ1v) is 8.39. The molecule has 2 amide bonds. The molecule has 2 heterocycles. The number of aryl methyl sites for hydroxylation is 1. The first-order valence-electron chi connectivity index (χ1n) is 8.39. The molecule has 1 aromatic heterocycles. The molecule has 1 atom stereocenters. The molecule has 2 aromatic rings. The molecule has 0 spiro atoms. The van der Waals surface area contributed by atoms with Crippen molar-refractivity contribution in [1.82, 2.24) is 9.88 Å². The van der Waals surface area contributed by atoms with Crippen LogP contribution in [0.15, 0.2) is 36.5 Å². The quantitative estimate of drug-likeness (QED) is 0.908. The van der Waals surface area contributed by atoms with E-state index in [4.69, 9.17) is 0 Å². The lowest BCUT2D eigenvalue weighted by atomic mass is 9.99. The van der Waals surface area contributed by atoms with Gasteiger partial charge in [0.25, 0.3) is 11.8 Å². The summed E-state index contributed by atoms with van der Waals surface area (Å²) in [5, 5.41) is 2.87. The molecule has 0 radical (unpaired) electrons. The predicted octanol–water partition coefficient (Wildman–Crippen LogP) is 3.45. The SMILES string of the molecule is Cc1cc(C(=O)N2CCC[C@H](C)C2)ccc1NC(=O)c1ccc[nH]1. The van der Waals surface area contributed by atoms with E-state index in [0.717, 1.165) is 30.8 Å². The van der Waals surface area contributed by atoms with Crippen molar-refractivity contribution >= 4 is 17.5 Å². The van der Waals surface area contributed by atoms with Gasteiger partial charge in [-0.25, -0.2) is 0 Å². The van der Waals surface area contributed by atoms with Gasteiger partial charge in [-0.3, -0.25) is 9.59 Å². The van der Waals surface area contributed by atoms with Crippen LogP contribution in [0.1, 0.15) is 46.2 Å². The van der Waals surface area contributed by atoms with Gasteiger partial charge in [0.2, 0.25) is 0 Å². The number of carbonyl (C=O) groups excluding carboxylic acids is 2. The Hall–Kier alpha value is -2.56. The summed E-state index contributed by atoms with van der Waals surface area (Å²) in [6.45, 7) is 5.74. The van der Waals surface area contributed by atoms with Gasteiger partial charge in [-0.05, 0) is 61.6 Å². The Balaban J connectivity index is 1.72. The first-order chi connectivity index (χ1) is 11.5. The molecule has 0 unspecified atom stereocenters. The van der Waals surface area contributed by atoms with Gasteiger partial charge in [-0.15, -0.1) is 0 Å². The Labute approximate surface area is 142 Å². The monoisotopic (exact) mass is 325 g/mol. The number of amides is 2. The van der Waals surface area contributed by atoms with Crippen molar-refractivity contribution in [2.75, 3.05) is 18.4 Å². The van der Waals surface area contributed by atoms with Crippen molar-refractivity contribution in [3.8, 4) is 0 Å². The van der Waals surface area contributed by atoms with E-state index >= 15 is 0 Å². The summed E-state index contributed by atoms with van der Waals surface area (Å²) in [7, 11) is 0. The van der Waals surface area contributed by atoms with E-state index in [2.05, 4.69) is 17.2 Å². The Morgan fingerprint density at radius 3 is 2.79 bits per heavy atom. The molecular formula is C19H23N3O2. The van der Waals surface area contributed by atoms with Gasteiger partial charge in [0.15, 0.2) is 0 Å². The topological polar surface area (TPSA) is 65.2 Å². The fraction of sp³-hybridized carbons (Fsp3) is 0.368. The van der Waals surface area contributed by atoms with Crippen LogP contribution in [0.2, 0.25) is 0 Å². The summed E-state index contributed by atoms with van der Waals surface area (Å²) in [5.74, 6) is 0.446. The second kappa shape index (κ2) is 6.91. The highest BCUT2D eigenvalue weighted by Gasteiger charge is 2.22. The molecule has 5 nitrogen and oxygen atoms in total. The molecule has 1 aliphatic heterocycles. The van der Waals surface area contributed by atoms with E-state index in [0.29, 0.717) is 17.2 Å². The largest absolute Gasteiger partial charge is 0.357 e. The number of H-pyrrole nitrogens is 1. The molecule has 0 bridgehead atoms. The van der Waals surface area contributed by atoms with Gasteiger partial charge in [-0.2, -0.15) is 0 Å². The smallest absolute Gasteiger partial charge is 0.272 e. The highest BCUT2D eigenvalue weighted by molar-refractivity contribution is 6.03. The lowest BCUT2D eigenvalue weighted by Gasteiger charge is -2.31. The van der Waals surface area contributed by atoms with Gasteiger partial charge in [0, 0.05) is 30.5 Å². The molecule has 5 heteroatoms. The Morgan fingerprint density at radius 1 is 1.29 bits per heavy atom. The van der Waals surface area contributed by atoms with E-state index in [1.165, 1.54) is 6.42 Å². The van der Waals surface area contributed by atoms with Crippen molar-refractivity contribution in [2.45, 2.75) is 26.7 Å². The maximum Gasteiger partial charge on any atom is 0.272 e. The molecular weight excluding hydrogens is 302 g/mol. The third kappa shape index (κ3) is 3.50. The molecule has 3 rings (SSSR count). The number of likely N-dealkylation sites (tertiary alicyclic amines) is 1. The van der Waals surface area contributed by atoms with Crippen LogP contribution in [0.3, 0.4) is 0 Å². The summed E-state index contributed by atoms with van der Waals surface area (Å²) in [6.07, 6.45) is 3.96. The molecule has 1 saturated heterocycles. The molecule has 1 aromatic carbocycles. The number of nitrogens with one attached hydrogen (secondary N) is 2. The number of carbonyl (C=O) groups is 2. The lowest BCUT2D eigenvalue weighted by molar-refractivity contribution is 0.0683. The van der Waals surface area contributed by atoms with E-state index in [1.807, 2.05) is 17.9 Å². The maximum atomic E-state index is 12.7. The molecule has 1 fully saturated rings. The maximum absolute atomic E-state index is 12.7. The highest BCUT2D eigenvalue weighted by atomic mass is 16.2. The van der Waals surface area contributed by atoms with Crippen molar-refractivity contribution < 1.29 is 9.59 Å². The van der Waals surface area contributed by atoms with E-state index in [-0.39, 0.29) is 11.8 Å². The van der Waals surface area contributed by atoms with Crippen molar-refractivity contribution in [3.05, 3.63) is 53.3 Å².